The van der Waals surface area contributed by atoms with Gasteiger partial charge < -0.3 is 10.1 Å². The number of alkyl halides is 2. The van der Waals surface area contributed by atoms with E-state index >= 15 is 0 Å². The van der Waals surface area contributed by atoms with Crippen molar-refractivity contribution in [1.82, 2.24) is 9.78 Å². The first-order valence-corrected chi connectivity index (χ1v) is 7.87. The van der Waals surface area contributed by atoms with Crippen LogP contribution in [0, 0.1) is 10.1 Å². The van der Waals surface area contributed by atoms with E-state index in [0.29, 0.717) is 5.69 Å². The largest absolute Gasteiger partial charge is 0.494 e. The molecule has 1 saturated carbocycles. The molecule has 0 saturated heterocycles. The van der Waals surface area contributed by atoms with Crippen LogP contribution in [0.15, 0.2) is 24.3 Å². The third-order valence-electron chi connectivity index (χ3n) is 4.01. The number of hydrogen-bond donors (Lipinski definition) is 1. The molecule has 8 nitrogen and oxygen atoms in total. The SMILES string of the molecule is COc1cc([N+](=O)[O-])ccc1NC(=O)Cn1nc(C(F)F)cc1C1CC1. The van der Waals surface area contributed by atoms with E-state index in [4.69, 9.17) is 4.74 Å². The fraction of sp³-hybridized carbons (Fsp3) is 0.375. The zero-order valence-corrected chi connectivity index (χ0v) is 13.8. The van der Waals surface area contributed by atoms with Crippen LogP contribution in [-0.2, 0) is 11.3 Å². The second-order valence-electron chi connectivity index (χ2n) is 5.92. The van der Waals surface area contributed by atoms with Crippen molar-refractivity contribution < 1.29 is 23.2 Å². The molecule has 1 fully saturated rings. The number of nitrogens with one attached hydrogen (secondary N) is 1. The molecule has 0 unspecified atom stereocenters. The van der Waals surface area contributed by atoms with Gasteiger partial charge in [0.25, 0.3) is 12.1 Å². The second-order valence-corrected chi connectivity index (χ2v) is 5.92. The van der Waals surface area contributed by atoms with Crippen LogP contribution in [0.25, 0.3) is 0 Å². The summed E-state index contributed by atoms with van der Waals surface area (Å²) in [4.78, 5) is 22.5. The third-order valence-corrected chi connectivity index (χ3v) is 4.01. The molecule has 1 aliphatic carbocycles. The van der Waals surface area contributed by atoms with Crippen molar-refractivity contribution in [2.45, 2.75) is 31.7 Å². The third kappa shape index (κ3) is 3.79. The Kier molecular flexibility index (Phi) is 4.83. The van der Waals surface area contributed by atoms with Crippen LogP contribution in [0.4, 0.5) is 20.2 Å². The highest BCUT2D eigenvalue weighted by Crippen LogP contribution is 2.41. The Balaban J connectivity index is 1.76. The number of nitro benzene ring substituents is 1. The van der Waals surface area contributed by atoms with E-state index in [1.54, 1.807) is 0 Å². The minimum atomic E-state index is -2.70. The minimum absolute atomic E-state index is 0.128. The number of rotatable bonds is 7. The van der Waals surface area contributed by atoms with E-state index in [2.05, 4.69) is 10.4 Å². The molecule has 1 amide bonds. The molecule has 26 heavy (non-hydrogen) atoms. The number of ether oxygens (including phenoxy) is 1. The number of hydrogen-bond acceptors (Lipinski definition) is 5. The van der Waals surface area contributed by atoms with Gasteiger partial charge >= 0.3 is 0 Å². The number of carbonyl (C=O) groups excluding carboxylic acids is 1. The van der Waals surface area contributed by atoms with Crippen molar-refractivity contribution in [2.75, 3.05) is 12.4 Å². The number of benzene rings is 1. The minimum Gasteiger partial charge on any atom is -0.494 e. The Morgan fingerprint density at radius 1 is 1.46 bits per heavy atom. The van der Waals surface area contributed by atoms with Gasteiger partial charge in [-0.3, -0.25) is 19.6 Å². The Labute approximate surface area is 146 Å². The average Bonchev–Trinajstić information content (AvgIpc) is 3.35. The smallest absolute Gasteiger partial charge is 0.282 e. The van der Waals surface area contributed by atoms with Gasteiger partial charge in [-0.15, -0.1) is 0 Å². The number of anilines is 1. The van der Waals surface area contributed by atoms with Crippen LogP contribution in [0.3, 0.4) is 0 Å². The van der Waals surface area contributed by atoms with Gasteiger partial charge in [-0.25, -0.2) is 8.78 Å². The summed E-state index contributed by atoms with van der Waals surface area (Å²) in [7, 11) is 1.32. The topological polar surface area (TPSA) is 99.3 Å². The lowest BCUT2D eigenvalue weighted by Crippen LogP contribution is -2.21. The van der Waals surface area contributed by atoms with Crippen LogP contribution in [-0.4, -0.2) is 27.7 Å². The van der Waals surface area contributed by atoms with Gasteiger partial charge in [0.05, 0.1) is 23.8 Å². The summed E-state index contributed by atoms with van der Waals surface area (Å²) < 4.78 is 32.1. The number of nitro groups is 1. The van der Waals surface area contributed by atoms with Crippen LogP contribution >= 0.6 is 0 Å². The lowest BCUT2D eigenvalue weighted by Gasteiger charge is -2.11. The molecule has 1 aliphatic rings. The highest BCUT2D eigenvalue weighted by atomic mass is 19.3. The van der Waals surface area contributed by atoms with Gasteiger partial charge in [0, 0.05) is 17.7 Å². The Bertz CT molecular complexity index is 849. The summed E-state index contributed by atoms with van der Waals surface area (Å²) in [6.07, 6.45) is -0.940. The van der Waals surface area contributed by atoms with E-state index in [1.165, 1.54) is 36.1 Å². The molecule has 0 spiro atoms. The number of nitrogens with zero attached hydrogens (tertiary/aromatic N) is 3. The summed E-state index contributed by atoms with van der Waals surface area (Å²) in [5, 5.41) is 17.2. The van der Waals surface area contributed by atoms with E-state index in [9.17, 15) is 23.7 Å². The molecule has 10 heteroatoms. The van der Waals surface area contributed by atoms with E-state index in [1.807, 2.05) is 0 Å². The van der Waals surface area contributed by atoms with Crippen molar-refractivity contribution in [2.24, 2.45) is 0 Å². The van der Waals surface area contributed by atoms with Crippen molar-refractivity contribution in [3.63, 3.8) is 0 Å². The molecular weight excluding hydrogens is 350 g/mol. The molecule has 1 aromatic heterocycles. The van der Waals surface area contributed by atoms with Crippen LogP contribution in [0.2, 0.25) is 0 Å². The number of halogens is 2. The van der Waals surface area contributed by atoms with Crippen molar-refractivity contribution in [3.8, 4) is 5.75 Å². The van der Waals surface area contributed by atoms with Gasteiger partial charge in [0.15, 0.2) is 0 Å². The Hall–Kier alpha value is -3.04. The summed E-state index contributed by atoms with van der Waals surface area (Å²) in [5.41, 5.74) is 0.334. The summed E-state index contributed by atoms with van der Waals surface area (Å²) in [5.74, 6) is -0.219. The van der Waals surface area contributed by atoms with Crippen LogP contribution < -0.4 is 10.1 Å². The fourth-order valence-corrected chi connectivity index (χ4v) is 2.62. The number of methoxy groups -OCH3 is 1. The summed E-state index contributed by atoms with van der Waals surface area (Å²) in [6.45, 7) is -0.237. The molecule has 2 aromatic rings. The van der Waals surface area contributed by atoms with E-state index < -0.39 is 17.3 Å². The molecule has 0 aliphatic heterocycles. The highest BCUT2D eigenvalue weighted by molar-refractivity contribution is 5.92. The fourth-order valence-electron chi connectivity index (χ4n) is 2.62. The van der Waals surface area contributed by atoms with E-state index in [-0.39, 0.29) is 35.3 Å². The van der Waals surface area contributed by atoms with E-state index in [0.717, 1.165) is 12.8 Å². The monoisotopic (exact) mass is 366 g/mol. The summed E-state index contributed by atoms with van der Waals surface area (Å²) >= 11 is 0. The molecule has 138 valence electrons. The number of carbonyl (C=O) groups is 1. The maximum Gasteiger partial charge on any atom is 0.282 e. The van der Waals surface area contributed by atoms with Crippen LogP contribution in [0.5, 0.6) is 5.75 Å². The maximum atomic E-state index is 12.9. The molecule has 1 heterocycles. The standard InChI is InChI=1S/C16H16F2N4O4/c1-26-14-6-10(22(24)25)4-5-11(14)19-15(23)8-21-13(9-2-3-9)7-12(20-21)16(17)18/h4-7,9,16H,2-3,8H2,1H3,(H,19,23). The zero-order chi connectivity index (χ0) is 18.8. The first kappa shape index (κ1) is 17.8. The number of non-ortho nitro benzene ring substituents is 1. The van der Waals surface area contributed by atoms with Crippen molar-refractivity contribution in [3.05, 3.63) is 45.8 Å². The lowest BCUT2D eigenvalue weighted by atomic mass is 10.2. The normalized spacial score (nSPS) is 13.7. The first-order valence-electron chi connectivity index (χ1n) is 7.87. The molecule has 3 rings (SSSR count). The van der Waals surface area contributed by atoms with Gasteiger partial charge in [0.1, 0.15) is 18.0 Å². The Morgan fingerprint density at radius 3 is 2.77 bits per heavy atom. The lowest BCUT2D eigenvalue weighted by molar-refractivity contribution is -0.384. The Morgan fingerprint density at radius 2 is 2.19 bits per heavy atom. The molecule has 0 atom stereocenters. The molecule has 1 N–H and O–H groups in total. The van der Waals surface area contributed by atoms with Gasteiger partial charge in [0.2, 0.25) is 5.91 Å². The van der Waals surface area contributed by atoms with Crippen molar-refractivity contribution >= 4 is 17.3 Å². The summed E-state index contributed by atoms with van der Waals surface area (Å²) in [6, 6.07) is 5.11. The average molecular weight is 366 g/mol. The molecular formula is C16H16F2N4O4. The number of amides is 1. The van der Waals surface area contributed by atoms with Crippen LogP contribution in [0.1, 0.15) is 36.6 Å². The highest BCUT2D eigenvalue weighted by Gasteiger charge is 2.30. The number of aromatic nitrogens is 2. The van der Waals surface area contributed by atoms with Crippen molar-refractivity contribution in [1.29, 1.82) is 0 Å². The van der Waals surface area contributed by atoms with Gasteiger partial charge in [-0.2, -0.15) is 5.10 Å². The predicted octanol–water partition coefficient (Wildman–Crippen LogP) is 3.25. The molecule has 1 aromatic carbocycles. The van der Waals surface area contributed by atoms with Gasteiger partial charge in [-0.05, 0) is 25.0 Å². The maximum absolute atomic E-state index is 12.9. The molecule has 0 bridgehead atoms. The molecule has 0 radical (unpaired) electrons. The first-order chi connectivity index (χ1) is 12.4. The zero-order valence-electron chi connectivity index (χ0n) is 13.8. The van der Waals surface area contributed by atoms with Gasteiger partial charge in [-0.1, -0.05) is 0 Å². The second kappa shape index (κ2) is 7.06. The predicted molar refractivity (Wildman–Crippen MR) is 87.4 cm³/mol. The quantitative estimate of drug-likeness (QED) is 0.599.